The van der Waals surface area contributed by atoms with Gasteiger partial charge < -0.3 is 34.2 Å². The zero-order chi connectivity index (χ0) is 79.4. The minimum Gasteiger partial charge on any atom is -0.463 e. The van der Waals surface area contributed by atoms with Crippen molar-refractivity contribution < 1.29 is 75.8 Å². The lowest BCUT2D eigenvalue weighted by atomic mass is 10.0. The molecule has 0 aliphatic carbocycles. The number of hydrogen-bond acceptors (Lipinski definition) is 14. The molecule has 109 heavy (non-hydrogen) atoms. The summed E-state index contributed by atoms with van der Waals surface area (Å²) in [6.07, 6.45) is 103. The van der Waals surface area contributed by atoms with Gasteiger partial charge in [-0.1, -0.05) is 359 Å². The zero-order valence-corrected chi connectivity index (χ0v) is 70.5. The molecule has 0 aromatic rings. The van der Waals surface area contributed by atoms with E-state index >= 15 is 0 Å². The van der Waals surface area contributed by atoms with Gasteiger partial charge in [-0.05, 0) is 122 Å². The van der Waals surface area contributed by atoms with Crippen LogP contribution in [0, 0.1) is 0 Å². The van der Waals surface area contributed by atoms with E-state index in [9.17, 15) is 43.5 Å². The Balaban J connectivity index is 4.40. The molecule has 0 saturated carbocycles. The number of carbonyl (C=O) groups is 3. The monoisotopic (exact) mass is 1570 g/mol. The number of phosphoric acid groups is 2. The topological polar surface area (TPSA) is 231 Å². The van der Waals surface area contributed by atoms with Crippen molar-refractivity contribution in [1.82, 2.24) is 0 Å². The van der Waals surface area contributed by atoms with Crippen molar-refractivity contribution >= 4 is 33.6 Å². The van der Waals surface area contributed by atoms with Gasteiger partial charge in [0.25, 0.3) is 0 Å². The highest BCUT2D eigenvalue weighted by molar-refractivity contribution is 7.47. The van der Waals surface area contributed by atoms with E-state index in [1.807, 2.05) is 0 Å². The van der Waals surface area contributed by atoms with Gasteiger partial charge in [0.15, 0.2) is 6.10 Å². The Morgan fingerprint density at radius 3 is 0.771 bits per heavy atom. The average Bonchev–Trinajstić information content (AvgIpc) is 0.837. The van der Waals surface area contributed by atoms with Crippen LogP contribution in [0.4, 0.5) is 0 Å². The molecular formula is C91H156O16P2. The molecule has 0 fully saturated rings. The van der Waals surface area contributed by atoms with E-state index in [1.165, 1.54) is 135 Å². The van der Waals surface area contributed by atoms with Gasteiger partial charge in [-0.3, -0.25) is 32.5 Å². The van der Waals surface area contributed by atoms with Crippen molar-refractivity contribution in [3.63, 3.8) is 0 Å². The fourth-order valence-corrected chi connectivity index (χ4v) is 13.2. The summed E-state index contributed by atoms with van der Waals surface area (Å²) in [5.74, 6) is -1.57. The van der Waals surface area contributed by atoms with E-state index in [4.69, 9.17) is 32.3 Å². The summed E-state index contributed by atoms with van der Waals surface area (Å²) in [7, 11) is -9.79. The highest BCUT2D eigenvalue weighted by Gasteiger charge is 2.29. The highest BCUT2D eigenvalue weighted by Crippen LogP contribution is 2.45. The second kappa shape index (κ2) is 82.9. The minimum absolute atomic E-state index is 0.105. The molecule has 0 aliphatic rings. The first kappa shape index (κ1) is 104. The lowest BCUT2D eigenvalue weighted by Crippen LogP contribution is -2.30. The summed E-state index contributed by atoms with van der Waals surface area (Å²) in [6.45, 7) is 2.47. The van der Waals surface area contributed by atoms with Gasteiger partial charge in [0.1, 0.15) is 25.4 Å². The molecule has 0 bridgehead atoms. The van der Waals surface area contributed by atoms with E-state index in [0.29, 0.717) is 19.3 Å². The van der Waals surface area contributed by atoms with E-state index < -0.39 is 91.5 Å². The fraction of sp³-hybridized carbons (Fsp3) is 0.703. The molecule has 0 aromatic carbocycles. The van der Waals surface area contributed by atoms with E-state index in [0.717, 1.165) is 161 Å². The van der Waals surface area contributed by atoms with Crippen LogP contribution in [0.25, 0.3) is 0 Å². The van der Waals surface area contributed by atoms with Crippen LogP contribution >= 0.6 is 15.6 Å². The lowest BCUT2D eigenvalue weighted by molar-refractivity contribution is -0.161. The summed E-state index contributed by atoms with van der Waals surface area (Å²) in [6, 6.07) is 0. The largest absolute Gasteiger partial charge is 0.472 e. The number of hydrogen-bond donors (Lipinski definition) is 4. The Morgan fingerprint density at radius 2 is 0.486 bits per heavy atom. The van der Waals surface area contributed by atoms with E-state index in [2.05, 4.69) is 167 Å². The third kappa shape index (κ3) is 84.2. The molecule has 0 spiro atoms. The molecule has 0 aliphatic heterocycles. The SMILES string of the molecule is CC/C=C\C/C=C\C/C=C\C/C=C\C/C=C\C/C=C\CCCCCCCCCCCCCCC(=O)OCC(O)COP(=O)(O)OCC(O)COP(=O)(O)OCC(COC(=O)CCCCCCCCCCCCCC/C=C\C/C=C\C/C=C\C/C=C\C/C=C\C/C=C\CC)OC(=O)CCCCCCCCCCCCC. The molecule has 5 unspecified atom stereocenters. The zero-order valence-electron chi connectivity index (χ0n) is 68.7. The number of unbranched alkanes of at least 4 members (excludes halogenated alkanes) is 34. The first-order valence-electron chi connectivity index (χ1n) is 43.1. The summed E-state index contributed by atoms with van der Waals surface area (Å²) >= 11 is 0. The molecule has 5 atom stereocenters. The second-order valence-electron chi connectivity index (χ2n) is 28.6. The molecular weight excluding hydrogens is 1410 g/mol. The third-order valence-corrected chi connectivity index (χ3v) is 20.0. The first-order valence-corrected chi connectivity index (χ1v) is 46.1. The molecule has 4 N–H and O–H groups in total. The number of ether oxygens (including phenoxy) is 3. The Morgan fingerprint density at radius 1 is 0.266 bits per heavy atom. The highest BCUT2D eigenvalue weighted by atomic mass is 31.2. The molecule has 0 saturated heterocycles. The Bertz CT molecular complexity index is 2560. The summed E-state index contributed by atoms with van der Waals surface area (Å²) < 4.78 is 61.2. The molecule has 0 aromatic heterocycles. The van der Waals surface area contributed by atoms with E-state index in [1.54, 1.807) is 0 Å². The number of carbonyl (C=O) groups excluding carboxylic acids is 3. The van der Waals surface area contributed by atoms with Crippen molar-refractivity contribution in [2.45, 2.75) is 373 Å². The molecule has 0 radical (unpaired) electrons. The molecule has 0 amide bonds. The van der Waals surface area contributed by atoms with Crippen LogP contribution in [0.15, 0.2) is 146 Å². The molecule has 0 heterocycles. The number of aliphatic hydroxyl groups is 2. The van der Waals surface area contributed by atoms with E-state index in [-0.39, 0.29) is 19.3 Å². The maximum Gasteiger partial charge on any atom is 0.472 e. The number of esters is 3. The van der Waals surface area contributed by atoms with Crippen LogP contribution in [-0.2, 0) is 55.8 Å². The third-order valence-electron chi connectivity index (χ3n) is 18.1. The Hall–Kier alpha value is -4.57. The molecule has 626 valence electrons. The van der Waals surface area contributed by atoms with Gasteiger partial charge in [-0.25, -0.2) is 9.13 Å². The average molecular weight is 1570 g/mol. The fourth-order valence-electron chi connectivity index (χ4n) is 11.6. The molecule has 16 nitrogen and oxygen atoms in total. The summed E-state index contributed by atoms with van der Waals surface area (Å²) in [5.41, 5.74) is 0. The van der Waals surface area contributed by atoms with Crippen molar-refractivity contribution in [1.29, 1.82) is 0 Å². The number of aliphatic hydroxyl groups excluding tert-OH is 2. The Kier molecular flexibility index (Phi) is 79.4. The number of allylic oxidation sites excluding steroid dienone is 24. The summed E-state index contributed by atoms with van der Waals surface area (Å²) in [4.78, 5) is 58.7. The van der Waals surface area contributed by atoms with Crippen LogP contribution in [-0.4, -0.2) is 95.9 Å². The van der Waals surface area contributed by atoms with Gasteiger partial charge in [-0.2, -0.15) is 0 Å². The van der Waals surface area contributed by atoms with Crippen molar-refractivity contribution in [3.05, 3.63) is 146 Å². The second-order valence-corrected chi connectivity index (χ2v) is 31.5. The molecule has 18 heteroatoms. The summed E-state index contributed by atoms with van der Waals surface area (Å²) in [5, 5.41) is 20.7. The maximum absolute atomic E-state index is 13.0. The van der Waals surface area contributed by atoms with Gasteiger partial charge >= 0.3 is 33.6 Å². The predicted molar refractivity (Wildman–Crippen MR) is 454 cm³/mol. The van der Waals surface area contributed by atoms with Gasteiger partial charge in [0.2, 0.25) is 0 Å². The predicted octanol–water partition coefficient (Wildman–Crippen LogP) is 26.0. The van der Waals surface area contributed by atoms with Crippen LogP contribution in [0.1, 0.15) is 355 Å². The number of rotatable bonds is 81. The van der Waals surface area contributed by atoms with Crippen LogP contribution in [0.5, 0.6) is 0 Å². The van der Waals surface area contributed by atoms with Crippen molar-refractivity contribution in [3.8, 4) is 0 Å². The lowest BCUT2D eigenvalue weighted by Gasteiger charge is -2.21. The van der Waals surface area contributed by atoms with Crippen molar-refractivity contribution in [2.24, 2.45) is 0 Å². The number of phosphoric ester groups is 2. The molecule has 0 rings (SSSR count). The van der Waals surface area contributed by atoms with Crippen LogP contribution < -0.4 is 0 Å². The van der Waals surface area contributed by atoms with Gasteiger partial charge in [0, 0.05) is 19.3 Å². The maximum atomic E-state index is 13.0. The van der Waals surface area contributed by atoms with Crippen LogP contribution in [0.3, 0.4) is 0 Å². The normalized spacial score (nSPS) is 14.6. The van der Waals surface area contributed by atoms with Gasteiger partial charge in [0.05, 0.1) is 26.4 Å². The first-order chi connectivity index (χ1) is 53.2. The Labute approximate surface area is 664 Å². The van der Waals surface area contributed by atoms with Crippen molar-refractivity contribution in [2.75, 3.05) is 39.6 Å². The minimum atomic E-state index is -4.93. The van der Waals surface area contributed by atoms with Gasteiger partial charge in [-0.15, -0.1) is 0 Å². The quantitative estimate of drug-likeness (QED) is 0.0146. The van der Waals surface area contributed by atoms with Crippen LogP contribution in [0.2, 0.25) is 0 Å². The smallest absolute Gasteiger partial charge is 0.463 e. The standard InChI is InChI=1S/C91H156O16P2/c1-4-7-10-13-16-19-22-24-26-28-30-32-34-36-38-40-42-44-46-48-50-52-54-56-58-60-63-65-68-71-74-77-89(94)101-80-86(92)81-103-108(97,98)104-82-87(93)83-105-109(99,100)106-85-88(107-91(96)79-76-73-70-67-62-21-18-15-12-9-6-3)84-102-90(95)78-75-72-69-66-64-61-59-57-55-53-51-49-47-45-43-41-39-37-35-33-31-29-27-25-23-20-17-14-11-8-5-2/h7-8,10-11,16-17,19-20,24-27,30-33,36-39,42-45,86-88,92-93H,4-6,9,12-15,18,21-23,28-29,34-35,40-41,46-85H2,1-3H3,(H,97,98)(H,99,100)/b10-7-,11-8-,19-16-,20-17-,26-24-,27-25-,32-30-,33-31-,38-36-,39-37-,44-42-,45-43-.